The summed E-state index contributed by atoms with van der Waals surface area (Å²) in [5.74, 6) is 0.858. The number of carbonyl (C=O) groups is 1. The van der Waals surface area contributed by atoms with Crippen LogP contribution in [0.3, 0.4) is 0 Å². The molecule has 1 aromatic carbocycles. The molecule has 5 nitrogen and oxygen atoms in total. The van der Waals surface area contributed by atoms with Gasteiger partial charge in [-0.25, -0.2) is 0 Å². The number of nitrogens with one attached hydrogen (secondary N) is 1. The molecule has 1 aliphatic rings. The number of halogens is 2. The molecule has 1 amide bonds. The molecule has 0 radical (unpaired) electrons. The van der Waals surface area contributed by atoms with E-state index in [1.54, 1.807) is 7.11 Å². The first kappa shape index (κ1) is 18.1. The summed E-state index contributed by atoms with van der Waals surface area (Å²) in [6.07, 6.45) is 1.84. The number of nitrogens with zero attached hydrogens (tertiary/aromatic N) is 1. The van der Waals surface area contributed by atoms with E-state index in [0.29, 0.717) is 6.04 Å². The quantitative estimate of drug-likeness (QED) is 0.843. The number of hydrogen-bond donors (Lipinski definition) is 2. The van der Waals surface area contributed by atoms with E-state index < -0.39 is 0 Å². The summed E-state index contributed by atoms with van der Waals surface area (Å²) < 4.78 is 6.36. The second kappa shape index (κ2) is 8.46. The standard InChI is InChI=1S/C14H20BrN3O2.ClH/c1-20-13-3-2-10(15)8-12(13)17-11-4-6-18(7-5-11)14(19)9-16;/h2-3,8,11,17H,4-7,9,16H2,1H3;1H. The molecule has 0 aromatic heterocycles. The van der Waals surface area contributed by atoms with E-state index in [4.69, 9.17) is 10.5 Å². The smallest absolute Gasteiger partial charge is 0.236 e. The van der Waals surface area contributed by atoms with Crippen LogP contribution in [0.15, 0.2) is 22.7 Å². The van der Waals surface area contributed by atoms with Crippen molar-refractivity contribution in [2.24, 2.45) is 5.73 Å². The Morgan fingerprint density at radius 1 is 1.48 bits per heavy atom. The zero-order valence-corrected chi connectivity index (χ0v) is 14.4. The normalized spacial score (nSPS) is 15.3. The third kappa shape index (κ3) is 4.76. The first-order valence-corrected chi connectivity index (χ1v) is 7.51. The highest BCUT2D eigenvalue weighted by Gasteiger charge is 2.22. The minimum atomic E-state index is 0. The highest BCUT2D eigenvalue weighted by atomic mass is 79.9. The maximum absolute atomic E-state index is 11.5. The Kier molecular flexibility index (Phi) is 7.28. The van der Waals surface area contributed by atoms with Gasteiger partial charge in [0.1, 0.15) is 5.75 Å². The van der Waals surface area contributed by atoms with Crippen molar-refractivity contribution < 1.29 is 9.53 Å². The van der Waals surface area contributed by atoms with Crippen LogP contribution >= 0.6 is 28.3 Å². The lowest BCUT2D eigenvalue weighted by Crippen LogP contribution is -2.44. The summed E-state index contributed by atoms with van der Waals surface area (Å²) in [6.45, 7) is 1.60. The molecule has 2 rings (SSSR count). The molecule has 1 aliphatic heterocycles. The number of hydrogen-bond acceptors (Lipinski definition) is 4. The van der Waals surface area contributed by atoms with E-state index in [1.807, 2.05) is 23.1 Å². The Morgan fingerprint density at radius 3 is 2.71 bits per heavy atom. The molecule has 1 heterocycles. The minimum Gasteiger partial charge on any atom is -0.495 e. The molecule has 3 N–H and O–H groups in total. The van der Waals surface area contributed by atoms with Crippen molar-refractivity contribution in [1.29, 1.82) is 0 Å². The van der Waals surface area contributed by atoms with E-state index in [1.165, 1.54) is 0 Å². The van der Waals surface area contributed by atoms with Crippen LogP contribution in [0.25, 0.3) is 0 Å². The van der Waals surface area contributed by atoms with Crippen LogP contribution in [0.5, 0.6) is 5.75 Å². The molecular formula is C14H21BrClN3O2. The van der Waals surface area contributed by atoms with Crippen LogP contribution in [-0.2, 0) is 4.79 Å². The van der Waals surface area contributed by atoms with E-state index in [0.717, 1.165) is 41.8 Å². The van der Waals surface area contributed by atoms with E-state index in [9.17, 15) is 4.79 Å². The number of anilines is 1. The Balaban J connectivity index is 0.00000220. The van der Waals surface area contributed by atoms with Crippen molar-refractivity contribution >= 4 is 39.9 Å². The minimum absolute atomic E-state index is 0. The number of benzene rings is 1. The molecule has 0 aliphatic carbocycles. The van der Waals surface area contributed by atoms with Crippen molar-refractivity contribution in [2.45, 2.75) is 18.9 Å². The second-order valence-corrected chi connectivity index (χ2v) is 5.76. The maximum atomic E-state index is 11.5. The van der Waals surface area contributed by atoms with Crippen molar-refractivity contribution in [3.8, 4) is 5.75 Å². The predicted octanol–water partition coefficient (Wildman–Crippen LogP) is 2.24. The van der Waals surface area contributed by atoms with Gasteiger partial charge >= 0.3 is 0 Å². The number of carbonyl (C=O) groups excluding carboxylic acids is 1. The average Bonchev–Trinajstić information content (AvgIpc) is 2.47. The molecule has 0 bridgehead atoms. The predicted molar refractivity (Wildman–Crippen MR) is 90.2 cm³/mol. The highest BCUT2D eigenvalue weighted by molar-refractivity contribution is 9.10. The number of methoxy groups -OCH3 is 1. The van der Waals surface area contributed by atoms with Crippen LogP contribution in [0.1, 0.15) is 12.8 Å². The Morgan fingerprint density at radius 2 is 2.14 bits per heavy atom. The van der Waals surface area contributed by atoms with Gasteiger partial charge in [-0.1, -0.05) is 15.9 Å². The largest absolute Gasteiger partial charge is 0.495 e. The van der Waals surface area contributed by atoms with Crippen molar-refractivity contribution in [3.05, 3.63) is 22.7 Å². The lowest BCUT2D eigenvalue weighted by atomic mass is 10.0. The Bertz CT molecular complexity index is 479. The van der Waals surface area contributed by atoms with Gasteiger partial charge in [-0.05, 0) is 31.0 Å². The van der Waals surface area contributed by atoms with Gasteiger partial charge in [0.2, 0.25) is 5.91 Å². The fourth-order valence-electron chi connectivity index (χ4n) is 2.42. The average molecular weight is 379 g/mol. The van der Waals surface area contributed by atoms with Crippen LogP contribution in [0.2, 0.25) is 0 Å². The SMILES string of the molecule is COc1ccc(Br)cc1NC1CCN(C(=O)CN)CC1.Cl. The lowest BCUT2D eigenvalue weighted by Gasteiger charge is -2.33. The van der Waals surface area contributed by atoms with Gasteiger partial charge in [0, 0.05) is 23.6 Å². The van der Waals surface area contributed by atoms with Gasteiger partial charge in [0.25, 0.3) is 0 Å². The Hall–Kier alpha value is -0.980. The molecule has 1 saturated heterocycles. The van der Waals surface area contributed by atoms with Gasteiger partial charge in [0.15, 0.2) is 0 Å². The van der Waals surface area contributed by atoms with Gasteiger partial charge < -0.3 is 20.7 Å². The van der Waals surface area contributed by atoms with Crippen LogP contribution in [0, 0.1) is 0 Å². The number of rotatable bonds is 4. The first-order chi connectivity index (χ1) is 9.63. The van der Waals surface area contributed by atoms with Crippen molar-refractivity contribution in [3.63, 3.8) is 0 Å². The number of piperidine rings is 1. The zero-order chi connectivity index (χ0) is 14.5. The lowest BCUT2D eigenvalue weighted by molar-refractivity contribution is -0.130. The van der Waals surface area contributed by atoms with Crippen LogP contribution in [-0.4, -0.2) is 43.6 Å². The van der Waals surface area contributed by atoms with Crippen molar-refractivity contribution in [2.75, 3.05) is 32.1 Å². The Labute approximate surface area is 139 Å². The van der Waals surface area contributed by atoms with Crippen LogP contribution in [0.4, 0.5) is 5.69 Å². The summed E-state index contributed by atoms with van der Waals surface area (Å²) in [7, 11) is 1.66. The molecule has 0 saturated carbocycles. The van der Waals surface area contributed by atoms with Crippen molar-refractivity contribution in [1.82, 2.24) is 4.90 Å². The molecule has 118 valence electrons. The molecule has 0 spiro atoms. The monoisotopic (exact) mass is 377 g/mol. The zero-order valence-electron chi connectivity index (χ0n) is 12.0. The number of amides is 1. The summed E-state index contributed by atoms with van der Waals surface area (Å²) in [5.41, 5.74) is 6.36. The molecule has 1 fully saturated rings. The van der Waals surface area contributed by atoms with Gasteiger partial charge in [-0.3, -0.25) is 4.79 Å². The summed E-state index contributed by atoms with van der Waals surface area (Å²) in [4.78, 5) is 13.4. The fourth-order valence-corrected chi connectivity index (χ4v) is 2.78. The molecule has 0 unspecified atom stereocenters. The molecule has 1 aromatic rings. The summed E-state index contributed by atoms with van der Waals surface area (Å²) in [6, 6.07) is 6.24. The molecule has 0 atom stereocenters. The number of ether oxygens (including phenoxy) is 1. The fraction of sp³-hybridized carbons (Fsp3) is 0.500. The topological polar surface area (TPSA) is 67.6 Å². The third-order valence-electron chi connectivity index (χ3n) is 3.54. The van der Waals surface area contributed by atoms with E-state index in [-0.39, 0.29) is 24.9 Å². The maximum Gasteiger partial charge on any atom is 0.236 e. The molecule has 21 heavy (non-hydrogen) atoms. The molecule has 7 heteroatoms. The van der Waals surface area contributed by atoms with Gasteiger partial charge in [-0.15, -0.1) is 12.4 Å². The van der Waals surface area contributed by atoms with E-state index >= 15 is 0 Å². The van der Waals surface area contributed by atoms with Gasteiger partial charge in [0.05, 0.1) is 19.3 Å². The second-order valence-electron chi connectivity index (χ2n) is 4.85. The summed E-state index contributed by atoms with van der Waals surface area (Å²) >= 11 is 3.47. The van der Waals surface area contributed by atoms with Gasteiger partial charge in [-0.2, -0.15) is 0 Å². The van der Waals surface area contributed by atoms with Crippen LogP contribution < -0.4 is 15.8 Å². The third-order valence-corrected chi connectivity index (χ3v) is 4.04. The highest BCUT2D eigenvalue weighted by Crippen LogP contribution is 2.29. The van der Waals surface area contributed by atoms with E-state index in [2.05, 4.69) is 21.2 Å². The number of nitrogens with two attached hydrogens (primary N) is 1. The number of likely N-dealkylation sites (tertiary alicyclic amines) is 1. The first-order valence-electron chi connectivity index (χ1n) is 6.72. The molecular weight excluding hydrogens is 358 g/mol. The summed E-state index contributed by atoms with van der Waals surface area (Å²) in [5, 5.41) is 3.49.